The maximum atomic E-state index is 12.3. The third-order valence-corrected chi connectivity index (χ3v) is 5.34. The molecular formula is C20H20N2O5S. The Morgan fingerprint density at radius 3 is 2.25 bits per heavy atom. The molecule has 0 heterocycles. The van der Waals surface area contributed by atoms with Crippen molar-refractivity contribution in [2.45, 2.75) is 17.9 Å². The summed E-state index contributed by atoms with van der Waals surface area (Å²) in [5.41, 5.74) is 2.17. The van der Waals surface area contributed by atoms with E-state index >= 15 is 0 Å². The van der Waals surface area contributed by atoms with Gasteiger partial charge in [0.2, 0.25) is 0 Å². The molecule has 1 unspecified atom stereocenters. The van der Waals surface area contributed by atoms with Gasteiger partial charge in [-0.15, -0.1) is 4.83 Å². The highest BCUT2D eigenvalue weighted by molar-refractivity contribution is 7.89. The molecule has 146 valence electrons. The van der Waals surface area contributed by atoms with Crippen molar-refractivity contribution in [3.8, 4) is 11.5 Å². The van der Waals surface area contributed by atoms with Crippen LogP contribution in [-0.2, 0) is 14.8 Å². The lowest BCUT2D eigenvalue weighted by Gasteiger charge is -2.16. The van der Waals surface area contributed by atoms with Crippen LogP contribution >= 0.6 is 0 Å². The first-order valence-electron chi connectivity index (χ1n) is 8.50. The second-order valence-corrected chi connectivity index (χ2v) is 7.72. The van der Waals surface area contributed by atoms with Crippen molar-refractivity contribution < 1.29 is 22.7 Å². The summed E-state index contributed by atoms with van der Waals surface area (Å²) >= 11 is 0. The standard InChI is InChI=1S/C20H20N2O5S/c1-14(27-18-8-7-15-5-3-4-6-16(15)13-18)20(23)21-22-28(24,25)19-11-9-17(26-2)10-12-19/h3-14,22H,1-2H3,(H,21,23). The monoisotopic (exact) mass is 400 g/mol. The second kappa shape index (κ2) is 8.28. The molecule has 0 spiro atoms. The number of methoxy groups -OCH3 is 1. The van der Waals surface area contributed by atoms with E-state index in [9.17, 15) is 13.2 Å². The average Bonchev–Trinajstić information content (AvgIpc) is 2.72. The van der Waals surface area contributed by atoms with Crippen molar-refractivity contribution in [3.05, 3.63) is 66.7 Å². The molecule has 0 saturated heterocycles. The van der Waals surface area contributed by atoms with E-state index in [4.69, 9.17) is 9.47 Å². The van der Waals surface area contributed by atoms with Crippen molar-refractivity contribution >= 4 is 26.7 Å². The van der Waals surface area contributed by atoms with E-state index in [0.717, 1.165) is 10.8 Å². The molecule has 28 heavy (non-hydrogen) atoms. The van der Waals surface area contributed by atoms with Gasteiger partial charge in [-0.05, 0) is 54.1 Å². The van der Waals surface area contributed by atoms with Crippen LogP contribution in [0.15, 0.2) is 71.6 Å². The molecule has 8 heteroatoms. The van der Waals surface area contributed by atoms with Crippen LogP contribution in [0.2, 0.25) is 0 Å². The number of sulfonamides is 1. The summed E-state index contributed by atoms with van der Waals surface area (Å²) in [6.45, 7) is 1.53. The summed E-state index contributed by atoms with van der Waals surface area (Å²) < 4.78 is 35.1. The number of benzene rings is 3. The number of carbonyl (C=O) groups is 1. The maximum absolute atomic E-state index is 12.3. The van der Waals surface area contributed by atoms with Crippen LogP contribution in [0.25, 0.3) is 10.8 Å². The fourth-order valence-electron chi connectivity index (χ4n) is 2.53. The van der Waals surface area contributed by atoms with E-state index in [0.29, 0.717) is 11.5 Å². The zero-order valence-electron chi connectivity index (χ0n) is 15.4. The first-order valence-corrected chi connectivity index (χ1v) is 9.98. The summed E-state index contributed by atoms with van der Waals surface area (Å²) in [4.78, 5) is 14.3. The predicted molar refractivity (Wildman–Crippen MR) is 105 cm³/mol. The molecule has 0 bridgehead atoms. The van der Waals surface area contributed by atoms with Crippen molar-refractivity contribution in [1.82, 2.24) is 10.3 Å². The number of carbonyl (C=O) groups excluding carboxylic acids is 1. The van der Waals surface area contributed by atoms with Crippen molar-refractivity contribution in [2.75, 3.05) is 7.11 Å². The van der Waals surface area contributed by atoms with Crippen LogP contribution in [-0.4, -0.2) is 27.5 Å². The molecule has 0 fully saturated rings. The van der Waals surface area contributed by atoms with Gasteiger partial charge in [-0.2, -0.15) is 0 Å². The van der Waals surface area contributed by atoms with Gasteiger partial charge in [-0.3, -0.25) is 10.2 Å². The molecule has 7 nitrogen and oxygen atoms in total. The summed E-state index contributed by atoms with van der Waals surface area (Å²) in [6.07, 6.45) is -0.903. The van der Waals surface area contributed by atoms with Gasteiger partial charge >= 0.3 is 0 Å². The van der Waals surface area contributed by atoms with Gasteiger partial charge in [0.05, 0.1) is 12.0 Å². The molecule has 0 aliphatic rings. The lowest BCUT2D eigenvalue weighted by Crippen LogP contribution is -2.47. The van der Waals surface area contributed by atoms with Crippen molar-refractivity contribution in [3.63, 3.8) is 0 Å². The minimum atomic E-state index is -3.91. The highest BCUT2D eigenvalue weighted by Gasteiger charge is 2.19. The number of nitrogens with one attached hydrogen (secondary N) is 2. The number of rotatable bonds is 7. The average molecular weight is 400 g/mol. The molecule has 1 atom stereocenters. The summed E-state index contributed by atoms with van der Waals surface area (Å²) in [6, 6.07) is 19.0. The Bertz CT molecular complexity index is 1080. The molecule has 0 aliphatic heterocycles. The maximum Gasteiger partial charge on any atom is 0.275 e. The second-order valence-electron chi connectivity index (χ2n) is 6.04. The Balaban J connectivity index is 1.61. The van der Waals surface area contributed by atoms with Gasteiger partial charge in [-0.1, -0.05) is 30.3 Å². The highest BCUT2D eigenvalue weighted by Crippen LogP contribution is 2.21. The third-order valence-electron chi connectivity index (χ3n) is 4.08. The van der Waals surface area contributed by atoms with E-state index in [1.165, 1.54) is 38.3 Å². The van der Waals surface area contributed by atoms with Crippen LogP contribution in [0.4, 0.5) is 0 Å². The summed E-state index contributed by atoms with van der Waals surface area (Å²) in [7, 11) is -2.42. The Hall–Kier alpha value is -3.10. The normalized spacial score (nSPS) is 12.4. The lowest BCUT2D eigenvalue weighted by atomic mass is 10.1. The largest absolute Gasteiger partial charge is 0.497 e. The molecule has 3 aromatic rings. The van der Waals surface area contributed by atoms with Gasteiger partial charge in [0, 0.05) is 0 Å². The van der Waals surface area contributed by atoms with Crippen LogP contribution in [0.3, 0.4) is 0 Å². The molecule has 0 radical (unpaired) electrons. The molecule has 0 aromatic heterocycles. The SMILES string of the molecule is COc1ccc(S(=O)(=O)NNC(=O)C(C)Oc2ccc3ccccc3c2)cc1. The summed E-state index contributed by atoms with van der Waals surface area (Å²) in [5.74, 6) is 0.421. The number of hydrogen-bond acceptors (Lipinski definition) is 5. The predicted octanol–water partition coefficient (Wildman–Crippen LogP) is 2.63. The smallest absolute Gasteiger partial charge is 0.275 e. The van der Waals surface area contributed by atoms with Crippen LogP contribution in [0.1, 0.15) is 6.92 Å². The van der Waals surface area contributed by atoms with Crippen molar-refractivity contribution in [1.29, 1.82) is 0 Å². The number of hydrogen-bond donors (Lipinski definition) is 2. The van der Waals surface area contributed by atoms with Gasteiger partial charge in [0.15, 0.2) is 6.10 Å². The molecule has 1 amide bonds. The van der Waals surface area contributed by atoms with Gasteiger partial charge in [0.1, 0.15) is 11.5 Å². The Labute approximate surface area is 163 Å². The number of hydrazine groups is 1. The molecule has 3 rings (SSSR count). The lowest BCUT2D eigenvalue weighted by molar-refractivity contribution is -0.127. The fourth-order valence-corrected chi connectivity index (χ4v) is 3.38. The number of ether oxygens (including phenoxy) is 2. The van der Waals surface area contributed by atoms with Gasteiger partial charge in [-0.25, -0.2) is 8.42 Å². The molecule has 0 saturated carbocycles. The number of fused-ring (bicyclic) bond motifs is 1. The summed E-state index contributed by atoms with van der Waals surface area (Å²) in [5, 5.41) is 2.03. The van der Waals surface area contributed by atoms with Crippen LogP contribution in [0, 0.1) is 0 Å². The van der Waals surface area contributed by atoms with Crippen LogP contribution < -0.4 is 19.7 Å². The van der Waals surface area contributed by atoms with Crippen molar-refractivity contribution in [2.24, 2.45) is 0 Å². The minimum absolute atomic E-state index is 0.00305. The van der Waals surface area contributed by atoms with E-state index in [1.807, 2.05) is 36.4 Å². The molecule has 0 aliphatic carbocycles. The zero-order valence-corrected chi connectivity index (χ0v) is 16.2. The molecular weight excluding hydrogens is 380 g/mol. The van der Waals surface area contributed by atoms with E-state index in [1.54, 1.807) is 6.07 Å². The Morgan fingerprint density at radius 1 is 0.929 bits per heavy atom. The topological polar surface area (TPSA) is 93.7 Å². The Kier molecular flexibility index (Phi) is 5.81. The Morgan fingerprint density at radius 2 is 1.57 bits per heavy atom. The van der Waals surface area contributed by atoms with E-state index in [-0.39, 0.29) is 4.90 Å². The molecule has 3 aromatic carbocycles. The first-order chi connectivity index (χ1) is 13.4. The first kappa shape index (κ1) is 19.7. The van der Waals surface area contributed by atoms with E-state index < -0.39 is 22.0 Å². The zero-order chi connectivity index (χ0) is 20.1. The minimum Gasteiger partial charge on any atom is -0.497 e. The fraction of sp³-hybridized carbons (Fsp3) is 0.150. The number of amides is 1. The quantitative estimate of drug-likeness (QED) is 0.595. The van der Waals surface area contributed by atoms with E-state index in [2.05, 4.69) is 10.3 Å². The molecule has 2 N–H and O–H groups in total. The highest BCUT2D eigenvalue weighted by atomic mass is 32.2. The van der Waals surface area contributed by atoms with Crippen LogP contribution in [0.5, 0.6) is 11.5 Å². The van der Waals surface area contributed by atoms with Gasteiger partial charge in [0.25, 0.3) is 15.9 Å². The third kappa shape index (κ3) is 4.59. The van der Waals surface area contributed by atoms with Gasteiger partial charge < -0.3 is 9.47 Å².